The van der Waals surface area contributed by atoms with E-state index in [9.17, 15) is 4.39 Å². The van der Waals surface area contributed by atoms with Gasteiger partial charge in [-0.05, 0) is 48.7 Å². The lowest BCUT2D eigenvalue weighted by molar-refractivity contribution is 0.294. The lowest BCUT2D eigenvalue weighted by Crippen LogP contribution is -2.20. The largest absolute Gasteiger partial charge is 0.251 e. The molecule has 1 aliphatic rings. The second kappa shape index (κ2) is 7.78. The molecule has 2 rings (SSSR count). The second-order valence-corrected chi connectivity index (χ2v) is 6.30. The molecule has 0 bridgehead atoms. The number of benzene rings is 1. The Morgan fingerprint density at radius 1 is 1.10 bits per heavy atom. The molecule has 0 heterocycles. The van der Waals surface area contributed by atoms with E-state index in [1.54, 1.807) is 0 Å². The first-order chi connectivity index (χ1) is 9.79. The Bertz CT molecular complexity index is 454. The van der Waals surface area contributed by atoms with Gasteiger partial charge >= 0.3 is 0 Å². The van der Waals surface area contributed by atoms with Crippen molar-refractivity contribution in [3.63, 3.8) is 0 Å². The van der Waals surface area contributed by atoms with Gasteiger partial charge in [-0.15, -0.1) is 0 Å². The first-order valence-corrected chi connectivity index (χ1v) is 8.48. The molecule has 2 heteroatoms. The third-order valence-corrected chi connectivity index (χ3v) is 4.63. The molecule has 0 aliphatic heterocycles. The zero-order chi connectivity index (χ0) is 14.3. The number of alkyl halides is 2. The standard InChI is InChI=1S/C18H22BrF/c19-14-4-10-18(11-5-15-20)12-8-17(9-13-18)16-6-2-1-3-7-16/h1-3,6-9,12H,4-5,10-11,13-15H2. The Hall–Kier alpha value is -0.890. The van der Waals surface area contributed by atoms with Gasteiger partial charge in [-0.1, -0.05) is 64.5 Å². The minimum Gasteiger partial charge on any atom is -0.251 e. The smallest absolute Gasteiger partial charge is 0.0894 e. The van der Waals surface area contributed by atoms with Crippen LogP contribution in [0.15, 0.2) is 48.6 Å². The number of rotatable bonds is 7. The summed E-state index contributed by atoms with van der Waals surface area (Å²) in [5, 5.41) is 1.02. The molecule has 0 fully saturated rings. The van der Waals surface area contributed by atoms with Crippen LogP contribution in [-0.4, -0.2) is 12.0 Å². The van der Waals surface area contributed by atoms with E-state index in [0.717, 1.165) is 31.0 Å². The molecule has 0 spiro atoms. The molecule has 20 heavy (non-hydrogen) atoms. The Balaban J connectivity index is 2.08. The SMILES string of the molecule is FCCCC1(CCCBr)C=CC(c2ccccc2)=CC1. The van der Waals surface area contributed by atoms with E-state index >= 15 is 0 Å². The molecular formula is C18H22BrF. The maximum atomic E-state index is 12.5. The summed E-state index contributed by atoms with van der Waals surface area (Å²) in [4.78, 5) is 0. The summed E-state index contributed by atoms with van der Waals surface area (Å²) in [6.45, 7) is -0.209. The molecule has 1 atom stereocenters. The number of halogens is 2. The quantitative estimate of drug-likeness (QED) is 0.540. The second-order valence-electron chi connectivity index (χ2n) is 5.51. The average molecular weight is 337 g/mol. The lowest BCUT2D eigenvalue weighted by atomic mass is 9.73. The highest BCUT2D eigenvalue weighted by Crippen LogP contribution is 2.40. The summed E-state index contributed by atoms with van der Waals surface area (Å²) < 4.78 is 12.5. The minimum atomic E-state index is -0.209. The zero-order valence-corrected chi connectivity index (χ0v) is 13.4. The maximum Gasteiger partial charge on any atom is 0.0894 e. The van der Waals surface area contributed by atoms with Gasteiger partial charge < -0.3 is 0 Å². The van der Waals surface area contributed by atoms with Crippen molar-refractivity contribution >= 4 is 21.5 Å². The van der Waals surface area contributed by atoms with Gasteiger partial charge in [0, 0.05) is 5.33 Å². The Labute approximate surface area is 129 Å². The maximum absolute atomic E-state index is 12.5. The molecule has 0 aromatic heterocycles. The van der Waals surface area contributed by atoms with E-state index in [1.165, 1.54) is 11.1 Å². The molecule has 0 N–H and O–H groups in total. The van der Waals surface area contributed by atoms with Crippen LogP contribution >= 0.6 is 15.9 Å². The van der Waals surface area contributed by atoms with E-state index < -0.39 is 0 Å². The summed E-state index contributed by atoms with van der Waals surface area (Å²) in [7, 11) is 0. The van der Waals surface area contributed by atoms with Gasteiger partial charge in [0.25, 0.3) is 0 Å². The van der Waals surface area contributed by atoms with Crippen LogP contribution in [0.25, 0.3) is 5.57 Å². The van der Waals surface area contributed by atoms with Crippen molar-refractivity contribution in [1.29, 1.82) is 0 Å². The van der Waals surface area contributed by atoms with E-state index in [0.29, 0.717) is 6.42 Å². The molecule has 1 aromatic rings. The molecule has 0 saturated carbocycles. The average Bonchev–Trinajstić information content (AvgIpc) is 2.53. The van der Waals surface area contributed by atoms with Crippen molar-refractivity contribution < 1.29 is 4.39 Å². The van der Waals surface area contributed by atoms with Crippen molar-refractivity contribution in [2.45, 2.75) is 32.1 Å². The van der Waals surface area contributed by atoms with Gasteiger partial charge in [0.2, 0.25) is 0 Å². The van der Waals surface area contributed by atoms with Gasteiger partial charge in [-0.3, -0.25) is 4.39 Å². The molecular weight excluding hydrogens is 315 g/mol. The topological polar surface area (TPSA) is 0 Å². The third-order valence-electron chi connectivity index (χ3n) is 4.07. The number of allylic oxidation sites excluding steroid dienone is 4. The van der Waals surface area contributed by atoms with Crippen LogP contribution in [0.2, 0.25) is 0 Å². The minimum absolute atomic E-state index is 0.165. The predicted molar refractivity (Wildman–Crippen MR) is 88.8 cm³/mol. The molecule has 1 unspecified atom stereocenters. The first-order valence-electron chi connectivity index (χ1n) is 7.36. The van der Waals surface area contributed by atoms with E-state index in [4.69, 9.17) is 0 Å². The Morgan fingerprint density at radius 3 is 2.45 bits per heavy atom. The third kappa shape index (κ3) is 4.05. The fourth-order valence-corrected chi connectivity index (χ4v) is 3.17. The van der Waals surface area contributed by atoms with Crippen molar-refractivity contribution in [2.75, 3.05) is 12.0 Å². The van der Waals surface area contributed by atoms with Crippen LogP contribution in [0, 0.1) is 5.41 Å². The van der Waals surface area contributed by atoms with Crippen LogP contribution in [0.4, 0.5) is 4.39 Å². The van der Waals surface area contributed by atoms with Crippen LogP contribution < -0.4 is 0 Å². The fourth-order valence-electron chi connectivity index (χ4n) is 2.89. The molecule has 0 radical (unpaired) electrons. The monoisotopic (exact) mass is 336 g/mol. The molecule has 0 saturated heterocycles. The van der Waals surface area contributed by atoms with Crippen LogP contribution in [0.5, 0.6) is 0 Å². The van der Waals surface area contributed by atoms with E-state index in [2.05, 4.69) is 58.4 Å². The fraction of sp³-hybridized carbons (Fsp3) is 0.444. The first kappa shape index (κ1) is 15.5. The molecule has 0 nitrogen and oxygen atoms in total. The molecule has 1 aromatic carbocycles. The highest BCUT2D eigenvalue weighted by molar-refractivity contribution is 9.09. The van der Waals surface area contributed by atoms with Crippen molar-refractivity contribution in [3.8, 4) is 0 Å². The summed E-state index contributed by atoms with van der Waals surface area (Å²) in [5.74, 6) is 0. The highest BCUT2D eigenvalue weighted by Gasteiger charge is 2.27. The molecule has 0 amide bonds. The highest BCUT2D eigenvalue weighted by atomic mass is 79.9. The zero-order valence-electron chi connectivity index (χ0n) is 11.8. The molecule has 1 aliphatic carbocycles. The van der Waals surface area contributed by atoms with Crippen LogP contribution in [-0.2, 0) is 0 Å². The van der Waals surface area contributed by atoms with Crippen molar-refractivity contribution in [1.82, 2.24) is 0 Å². The van der Waals surface area contributed by atoms with E-state index in [-0.39, 0.29) is 12.1 Å². The van der Waals surface area contributed by atoms with Crippen LogP contribution in [0.3, 0.4) is 0 Å². The van der Waals surface area contributed by atoms with E-state index in [1.807, 2.05) is 6.07 Å². The Morgan fingerprint density at radius 2 is 1.85 bits per heavy atom. The summed E-state index contributed by atoms with van der Waals surface area (Å²) >= 11 is 3.50. The predicted octanol–water partition coefficient (Wildman–Crippen LogP) is 5.94. The van der Waals surface area contributed by atoms with Gasteiger partial charge in [-0.2, -0.15) is 0 Å². The summed E-state index contributed by atoms with van der Waals surface area (Å²) in [5.41, 5.74) is 2.72. The van der Waals surface area contributed by atoms with Crippen molar-refractivity contribution in [2.24, 2.45) is 5.41 Å². The number of hydrogen-bond acceptors (Lipinski definition) is 0. The summed E-state index contributed by atoms with van der Waals surface area (Å²) in [6.07, 6.45) is 11.8. The summed E-state index contributed by atoms with van der Waals surface area (Å²) in [6, 6.07) is 10.5. The number of hydrogen-bond donors (Lipinski definition) is 0. The van der Waals surface area contributed by atoms with Gasteiger partial charge in [0.15, 0.2) is 0 Å². The molecule has 108 valence electrons. The normalized spacial score (nSPS) is 21.8. The van der Waals surface area contributed by atoms with Gasteiger partial charge in [0.05, 0.1) is 6.67 Å². The lowest BCUT2D eigenvalue weighted by Gasteiger charge is -2.32. The van der Waals surface area contributed by atoms with Crippen LogP contribution in [0.1, 0.15) is 37.7 Å². The van der Waals surface area contributed by atoms with Gasteiger partial charge in [0.1, 0.15) is 0 Å². The van der Waals surface area contributed by atoms with Crippen molar-refractivity contribution in [3.05, 3.63) is 54.1 Å². The Kier molecular flexibility index (Phi) is 6.03. The van der Waals surface area contributed by atoms with Gasteiger partial charge in [-0.25, -0.2) is 0 Å².